The average molecular weight is 418 g/mol. The Hall–Kier alpha value is -2.45. The second-order valence-electron chi connectivity index (χ2n) is 8.22. The van der Waals surface area contributed by atoms with Gasteiger partial charge in [0.1, 0.15) is 18.1 Å². The number of carbonyl (C=O) groups excluding carboxylic acids is 2. The van der Waals surface area contributed by atoms with E-state index >= 15 is 0 Å². The van der Waals surface area contributed by atoms with Crippen LogP contribution < -0.4 is 5.32 Å². The number of carbonyl (C=O) groups is 3. The Morgan fingerprint density at radius 3 is 2.27 bits per heavy atom. The summed E-state index contributed by atoms with van der Waals surface area (Å²) >= 11 is 0. The Morgan fingerprint density at radius 1 is 1.17 bits per heavy atom. The fraction of sp³-hybridized carbons (Fsp3) is 0.591. The molecule has 1 aromatic rings. The predicted molar refractivity (Wildman–Crippen MR) is 109 cm³/mol. The number of benzene rings is 1. The van der Waals surface area contributed by atoms with Crippen LogP contribution in [0.3, 0.4) is 0 Å². The molecule has 3 fully saturated rings. The Balaban J connectivity index is 0.000000239. The number of piperidine rings is 1. The molecular formula is C22H30N2O6. The van der Waals surface area contributed by atoms with Crippen molar-refractivity contribution in [2.24, 2.45) is 0 Å². The molecule has 30 heavy (non-hydrogen) atoms. The molecule has 0 aromatic heterocycles. The number of esters is 1. The fourth-order valence-electron chi connectivity index (χ4n) is 4.50. The van der Waals surface area contributed by atoms with Gasteiger partial charge in [-0.25, -0.2) is 4.79 Å². The van der Waals surface area contributed by atoms with Gasteiger partial charge in [0, 0.05) is 18.5 Å². The molecule has 8 nitrogen and oxygen atoms in total. The molecule has 0 spiro atoms. The van der Waals surface area contributed by atoms with Crippen LogP contribution in [0.15, 0.2) is 30.3 Å². The summed E-state index contributed by atoms with van der Waals surface area (Å²) in [5.74, 6) is -1.97. The molecule has 0 aliphatic carbocycles. The van der Waals surface area contributed by atoms with Crippen LogP contribution in [0.1, 0.15) is 50.0 Å². The lowest BCUT2D eigenvalue weighted by atomic mass is 9.98. The minimum atomic E-state index is -0.944. The average Bonchev–Trinajstić information content (AvgIpc) is 3.23. The molecule has 0 saturated carbocycles. The topological polar surface area (TPSA) is 116 Å². The predicted octanol–water partition coefficient (Wildman–Crippen LogP) is 1.28. The normalized spacial score (nSPS) is 28.8. The number of ether oxygens (including phenoxy) is 1. The van der Waals surface area contributed by atoms with E-state index in [1.807, 2.05) is 30.3 Å². The molecule has 8 heteroatoms. The van der Waals surface area contributed by atoms with E-state index in [0.717, 1.165) is 18.4 Å². The van der Waals surface area contributed by atoms with Gasteiger partial charge in [0.15, 0.2) is 0 Å². The minimum Gasteiger partial charge on any atom is -0.480 e. The first-order chi connectivity index (χ1) is 14.4. The third-order valence-corrected chi connectivity index (χ3v) is 6.30. The smallest absolute Gasteiger partial charge is 0.326 e. The van der Waals surface area contributed by atoms with Crippen molar-refractivity contribution in [3.05, 3.63) is 35.9 Å². The van der Waals surface area contributed by atoms with Crippen molar-refractivity contribution in [2.45, 2.75) is 68.7 Å². The third-order valence-electron chi connectivity index (χ3n) is 6.30. The number of aliphatic hydroxyl groups excluding tert-OH is 1. The second-order valence-corrected chi connectivity index (χ2v) is 8.22. The molecule has 4 atom stereocenters. The van der Waals surface area contributed by atoms with E-state index in [1.165, 1.54) is 12.8 Å². The number of hydrogen-bond acceptors (Lipinski definition) is 6. The van der Waals surface area contributed by atoms with Gasteiger partial charge in [-0.05, 0) is 44.7 Å². The Bertz CT molecular complexity index is 741. The summed E-state index contributed by atoms with van der Waals surface area (Å²) in [6, 6.07) is 9.83. The number of aliphatic hydroxyl groups is 1. The van der Waals surface area contributed by atoms with Crippen LogP contribution in [-0.4, -0.2) is 70.8 Å². The summed E-state index contributed by atoms with van der Waals surface area (Å²) < 4.78 is 5.70. The molecule has 3 saturated heterocycles. The van der Waals surface area contributed by atoms with Crippen molar-refractivity contribution in [1.29, 1.82) is 0 Å². The van der Waals surface area contributed by atoms with Gasteiger partial charge in [-0.3, -0.25) is 9.59 Å². The first-order valence-electron chi connectivity index (χ1n) is 10.5. The van der Waals surface area contributed by atoms with Gasteiger partial charge in [0.25, 0.3) is 0 Å². The fourth-order valence-corrected chi connectivity index (χ4v) is 4.50. The number of fused-ring (bicyclic) bond motifs is 2. The lowest BCUT2D eigenvalue weighted by Gasteiger charge is -2.36. The summed E-state index contributed by atoms with van der Waals surface area (Å²) in [5.41, 5.74) is 0.820. The number of aliphatic carboxylic acids is 1. The van der Waals surface area contributed by atoms with Crippen LogP contribution in [0, 0.1) is 0 Å². The van der Waals surface area contributed by atoms with Crippen LogP contribution in [0.4, 0.5) is 0 Å². The molecule has 2 bridgehead atoms. The second kappa shape index (κ2) is 10.0. The van der Waals surface area contributed by atoms with Crippen LogP contribution in [0.25, 0.3) is 0 Å². The van der Waals surface area contributed by atoms with E-state index in [2.05, 4.69) is 17.3 Å². The van der Waals surface area contributed by atoms with Crippen molar-refractivity contribution in [2.75, 3.05) is 13.7 Å². The molecule has 3 heterocycles. The van der Waals surface area contributed by atoms with Crippen molar-refractivity contribution >= 4 is 17.8 Å². The standard InChI is InChI=1S/C17H23NO3.C5H7NO3/c1-18-13-7-8-14(18)10-15(9-13)21-17(20)16(11-19)12-5-3-2-4-6-12;7-4-2-1-3(6-4)5(8)9/h2-6,13-16,19H,7-11H2,1H3;3H,1-2H2,(H,6,7)(H,8,9)/t;3-/m.0/s1. The highest BCUT2D eigenvalue weighted by Gasteiger charge is 2.40. The Labute approximate surface area is 176 Å². The molecule has 4 rings (SSSR count). The molecule has 3 unspecified atom stereocenters. The highest BCUT2D eigenvalue weighted by molar-refractivity contribution is 5.87. The molecule has 3 aliphatic heterocycles. The maximum atomic E-state index is 12.4. The molecule has 3 N–H and O–H groups in total. The molecular weight excluding hydrogens is 388 g/mol. The summed E-state index contributed by atoms with van der Waals surface area (Å²) in [4.78, 5) is 35.3. The Kier molecular flexibility index (Phi) is 7.44. The SMILES string of the molecule is CN1C2CCC1CC(OC(=O)C(CO)c1ccccc1)C2.O=C1CC[C@@H](C(=O)O)N1. The van der Waals surface area contributed by atoms with Gasteiger partial charge in [0.05, 0.1) is 6.61 Å². The van der Waals surface area contributed by atoms with Crippen LogP contribution in [-0.2, 0) is 19.1 Å². The van der Waals surface area contributed by atoms with Gasteiger partial charge in [-0.1, -0.05) is 30.3 Å². The van der Waals surface area contributed by atoms with E-state index in [-0.39, 0.29) is 24.6 Å². The molecule has 164 valence electrons. The number of nitrogens with zero attached hydrogens (tertiary/aromatic N) is 1. The van der Waals surface area contributed by atoms with E-state index < -0.39 is 17.9 Å². The third kappa shape index (κ3) is 5.37. The summed E-state index contributed by atoms with van der Waals surface area (Å²) in [7, 11) is 2.17. The quantitative estimate of drug-likeness (QED) is 0.617. The summed E-state index contributed by atoms with van der Waals surface area (Å²) in [5, 5.41) is 20.2. The number of carboxylic acid groups (broad SMARTS) is 1. The number of hydrogen-bond donors (Lipinski definition) is 3. The highest BCUT2D eigenvalue weighted by atomic mass is 16.5. The monoisotopic (exact) mass is 418 g/mol. The number of carboxylic acids is 1. The van der Waals surface area contributed by atoms with Crippen molar-refractivity contribution in [3.63, 3.8) is 0 Å². The zero-order valence-corrected chi connectivity index (χ0v) is 17.2. The number of amides is 1. The van der Waals surface area contributed by atoms with Crippen molar-refractivity contribution in [3.8, 4) is 0 Å². The molecule has 3 aliphatic rings. The lowest BCUT2D eigenvalue weighted by molar-refractivity contribution is -0.155. The lowest BCUT2D eigenvalue weighted by Crippen LogP contribution is -2.43. The van der Waals surface area contributed by atoms with E-state index in [9.17, 15) is 19.5 Å². The van der Waals surface area contributed by atoms with Crippen LogP contribution in [0.5, 0.6) is 0 Å². The van der Waals surface area contributed by atoms with Gasteiger partial charge in [-0.2, -0.15) is 0 Å². The zero-order chi connectivity index (χ0) is 21.7. The molecule has 1 amide bonds. The number of rotatable bonds is 5. The van der Waals surface area contributed by atoms with E-state index in [0.29, 0.717) is 24.9 Å². The van der Waals surface area contributed by atoms with Gasteiger partial charge in [-0.15, -0.1) is 0 Å². The summed E-state index contributed by atoms with van der Waals surface area (Å²) in [6.45, 7) is -0.206. The number of nitrogens with one attached hydrogen (secondary N) is 1. The van der Waals surface area contributed by atoms with E-state index in [1.54, 1.807) is 0 Å². The van der Waals surface area contributed by atoms with Crippen molar-refractivity contribution in [1.82, 2.24) is 10.2 Å². The molecule has 0 radical (unpaired) electrons. The maximum absolute atomic E-state index is 12.4. The first-order valence-corrected chi connectivity index (χ1v) is 10.5. The molecule has 1 aromatic carbocycles. The van der Waals surface area contributed by atoms with Gasteiger partial charge < -0.3 is 25.2 Å². The van der Waals surface area contributed by atoms with Gasteiger partial charge in [0.2, 0.25) is 5.91 Å². The largest absolute Gasteiger partial charge is 0.480 e. The zero-order valence-electron chi connectivity index (χ0n) is 17.2. The minimum absolute atomic E-state index is 0.00367. The van der Waals surface area contributed by atoms with E-state index in [4.69, 9.17) is 9.84 Å². The summed E-state index contributed by atoms with van der Waals surface area (Å²) in [6.07, 6.45) is 5.03. The first kappa shape index (κ1) is 22.2. The maximum Gasteiger partial charge on any atom is 0.326 e. The van der Waals surface area contributed by atoms with Crippen LogP contribution >= 0.6 is 0 Å². The van der Waals surface area contributed by atoms with Gasteiger partial charge >= 0.3 is 11.9 Å². The Morgan fingerprint density at radius 2 is 1.80 bits per heavy atom. The van der Waals surface area contributed by atoms with Crippen LogP contribution in [0.2, 0.25) is 0 Å². The highest BCUT2D eigenvalue weighted by Crippen LogP contribution is 2.36. The van der Waals surface area contributed by atoms with Crippen molar-refractivity contribution < 1.29 is 29.3 Å².